The van der Waals surface area contributed by atoms with Crippen LogP contribution < -0.4 is 11.1 Å². The van der Waals surface area contributed by atoms with E-state index in [2.05, 4.69) is 26.4 Å². The van der Waals surface area contributed by atoms with Gasteiger partial charge in [-0.3, -0.25) is 0 Å². The number of anilines is 1. The van der Waals surface area contributed by atoms with Crippen molar-refractivity contribution in [3.8, 4) is 0 Å². The van der Waals surface area contributed by atoms with E-state index in [-0.39, 0.29) is 5.84 Å². The van der Waals surface area contributed by atoms with Crippen LogP contribution in [0.5, 0.6) is 0 Å². The zero-order valence-electron chi connectivity index (χ0n) is 11.4. The predicted molar refractivity (Wildman–Crippen MR) is 85.1 cm³/mol. The second-order valence-corrected chi connectivity index (χ2v) is 5.57. The third-order valence-electron chi connectivity index (χ3n) is 2.98. The molecule has 0 aromatic heterocycles. The molecule has 0 aliphatic heterocycles. The fourth-order valence-electron chi connectivity index (χ4n) is 2.03. The molecule has 4 N–H and O–H groups in total. The van der Waals surface area contributed by atoms with E-state index < -0.39 is 5.82 Å². The van der Waals surface area contributed by atoms with E-state index in [9.17, 15) is 4.39 Å². The lowest BCUT2D eigenvalue weighted by atomic mass is 10.1. The molecule has 0 saturated heterocycles. The molecule has 4 nitrogen and oxygen atoms in total. The van der Waals surface area contributed by atoms with Crippen LogP contribution in [0.1, 0.15) is 16.7 Å². The van der Waals surface area contributed by atoms with Crippen LogP contribution in [0, 0.1) is 12.7 Å². The molecule has 0 amide bonds. The van der Waals surface area contributed by atoms with Gasteiger partial charge in [-0.15, -0.1) is 0 Å². The summed E-state index contributed by atoms with van der Waals surface area (Å²) in [5.41, 5.74) is 8.73. The minimum absolute atomic E-state index is 0.114. The van der Waals surface area contributed by atoms with Gasteiger partial charge in [0, 0.05) is 22.3 Å². The van der Waals surface area contributed by atoms with Gasteiger partial charge in [0.15, 0.2) is 5.84 Å². The molecule has 2 aromatic rings. The molecule has 0 saturated carbocycles. The number of nitrogens with zero attached hydrogens (tertiary/aromatic N) is 1. The number of rotatable bonds is 4. The van der Waals surface area contributed by atoms with Crippen molar-refractivity contribution in [2.45, 2.75) is 13.5 Å². The van der Waals surface area contributed by atoms with E-state index in [1.54, 1.807) is 6.07 Å². The molecule has 0 aliphatic rings. The Bertz CT molecular complexity index is 668. The second-order valence-electron chi connectivity index (χ2n) is 4.66. The van der Waals surface area contributed by atoms with Gasteiger partial charge in [0.2, 0.25) is 0 Å². The first-order valence-corrected chi connectivity index (χ1v) is 7.06. The number of halogens is 2. The molecule has 2 aromatic carbocycles. The Balaban J connectivity index is 2.23. The molecule has 2 rings (SSSR count). The van der Waals surface area contributed by atoms with Crippen molar-refractivity contribution < 1.29 is 9.60 Å². The first-order valence-electron chi connectivity index (χ1n) is 6.27. The minimum Gasteiger partial charge on any atom is -0.409 e. The van der Waals surface area contributed by atoms with Crippen molar-refractivity contribution in [2.24, 2.45) is 10.9 Å². The third kappa shape index (κ3) is 3.95. The predicted octanol–water partition coefficient (Wildman–Crippen LogP) is 3.60. The summed E-state index contributed by atoms with van der Waals surface area (Å²) in [5.74, 6) is -0.546. The maximum Gasteiger partial charge on any atom is 0.170 e. The molecule has 110 valence electrons. The van der Waals surface area contributed by atoms with Crippen LogP contribution in [0.15, 0.2) is 46.0 Å². The highest BCUT2D eigenvalue weighted by Crippen LogP contribution is 2.20. The number of hydrogen-bond donors (Lipinski definition) is 3. The number of benzene rings is 2. The van der Waals surface area contributed by atoms with Crippen molar-refractivity contribution in [1.29, 1.82) is 0 Å². The van der Waals surface area contributed by atoms with Gasteiger partial charge in [-0.2, -0.15) is 0 Å². The SMILES string of the molecule is Cc1cc(Br)cc(NCc2ccc(F)cc2/C(N)=N/O)c1. The molecule has 0 atom stereocenters. The normalized spacial score (nSPS) is 11.5. The number of aryl methyl sites for hydroxylation is 1. The Labute approximate surface area is 130 Å². The van der Waals surface area contributed by atoms with Gasteiger partial charge in [-0.1, -0.05) is 27.2 Å². The summed E-state index contributed by atoms with van der Waals surface area (Å²) in [5, 5.41) is 14.9. The largest absolute Gasteiger partial charge is 0.409 e. The lowest BCUT2D eigenvalue weighted by Gasteiger charge is -2.12. The zero-order valence-corrected chi connectivity index (χ0v) is 13.0. The maximum absolute atomic E-state index is 13.3. The number of nitrogens with one attached hydrogen (secondary N) is 1. The molecule has 0 bridgehead atoms. The number of oxime groups is 1. The van der Waals surface area contributed by atoms with Crippen LogP contribution in [-0.2, 0) is 6.54 Å². The molecule has 0 aliphatic carbocycles. The first kappa shape index (κ1) is 15.3. The highest BCUT2D eigenvalue weighted by Gasteiger charge is 2.09. The topological polar surface area (TPSA) is 70.6 Å². The van der Waals surface area contributed by atoms with E-state index in [0.29, 0.717) is 12.1 Å². The van der Waals surface area contributed by atoms with Crippen molar-refractivity contribution in [3.63, 3.8) is 0 Å². The Hall–Kier alpha value is -2.08. The summed E-state index contributed by atoms with van der Waals surface area (Å²) in [6, 6.07) is 10.2. The van der Waals surface area contributed by atoms with Gasteiger partial charge >= 0.3 is 0 Å². The molecule has 6 heteroatoms. The molecule has 0 fully saturated rings. The number of hydrogen-bond acceptors (Lipinski definition) is 3. The molecular weight excluding hydrogens is 337 g/mol. The lowest BCUT2D eigenvalue weighted by molar-refractivity contribution is 0.318. The van der Waals surface area contributed by atoms with Crippen LogP contribution in [-0.4, -0.2) is 11.0 Å². The summed E-state index contributed by atoms with van der Waals surface area (Å²) >= 11 is 3.44. The van der Waals surface area contributed by atoms with Crippen LogP contribution in [0.4, 0.5) is 10.1 Å². The highest BCUT2D eigenvalue weighted by molar-refractivity contribution is 9.10. The van der Waals surface area contributed by atoms with Gasteiger partial charge < -0.3 is 16.3 Å². The summed E-state index contributed by atoms with van der Waals surface area (Å²) in [7, 11) is 0. The highest BCUT2D eigenvalue weighted by atomic mass is 79.9. The van der Waals surface area contributed by atoms with Crippen LogP contribution in [0.3, 0.4) is 0 Å². The van der Waals surface area contributed by atoms with Gasteiger partial charge in [0.1, 0.15) is 5.82 Å². The van der Waals surface area contributed by atoms with Crippen molar-refractivity contribution >= 4 is 27.5 Å². The second kappa shape index (κ2) is 6.58. The molecule has 0 unspecified atom stereocenters. The van der Waals surface area contributed by atoms with E-state index in [4.69, 9.17) is 10.9 Å². The number of amidine groups is 1. The smallest absolute Gasteiger partial charge is 0.170 e. The van der Waals surface area contributed by atoms with Gasteiger partial charge in [0.05, 0.1) is 0 Å². The summed E-state index contributed by atoms with van der Waals surface area (Å²) in [4.78, 5) is 0. The van der Waals surface area contributed by atoms with Crippen molar-refractivity contribution in [1.82, 2.24) is 0 Å². The fourth-order valence-corrected chi connectivity index (χ4v) is 2.64. The summed E-state index contributed by atoms with van der Waals surface area (Å²) in [6.07, 6.45) is 0. The summed E-state index contributed by atoms with van der Waals surface area (Å²) < 4.78 is 14.3. The first-order chi connectivity index (χ1) is 9.99. The van der Waals surface area contributed by atoms with Crippen LogP contribution in [0.25, 0.3) is 0 Å². The fraction of sp³-hybridized carbons (Fsp3) is 0.133. The molecule has 0 radical (unpaired) electrons. The Morgan fingerprint density at radius 3 is 2.76 bits per heavy atom. The van der Waals surface area contributed by atoms with E-state index in [1.807, 2.05) is 25.1 Å². The van der Waals surface area contributed by atoms with Gasteiger partial charge in [-0.25, -0.2) is 4.39 Å². The zero-order chi connectivity index (χ0) is 15.4. The van der Waals surface area contributed by atoms with Crippen LogP contribution in [0.2, 0.25) is 0 Å². The Morgan fingerprint density at radius 2 is 2.10 bits per heavy atom. The molecule has 0 spiro atoms. The average Bonchev–Trinajstić information content (AvgIpc) is 2.44. The Kier molecular flexibility index (Phi) is 4.80. The quantitative estimate of drug-likeness (QED) is 0.341. The van der Waals surface area contributed by atoms with E-state index in [0.717, 1.165) is 21.3 Å². The maximum atomic E-state index is 13.3. The monoisotopic (exact) mass is 351 g/mol. The standard InChI is InChI=1S/C15H15BrFN3O/c1-9-4-11(16)6-13(5-9)19-8-10-2-3-12(17)7-14(10)15(18)20-21/h2-7,19,21H,8H2,1H3,(H2,18,20). The van der Waals surface area contributed by atoms with Gasteiger partial charge in [-0.05, 0) is 48.4 Å². The lowest BCUT2D eigenvalue weighted by Crippen LogP contribution is -2.17. The third-order valence-corrected chi connectivity index (χ3v) is 3.44. The Morgan fingerprint density at radius 1 is 1.33 bits per heavy atom. The van der Waals surface area contributed by atoms with Crippen molar-refractivity contribution in [3.05, 3.63) is 63.4 Å². The molecular formula is C15H15BrFN3O. The van der Waals surface area contributed by atoms with Crippen LogP contribution >= 0.6 is 15.9 Å². The number of nitrogens with two attached hydrogens (primary N) is 1. The van der Waals surface area contributed by atoms with Crippen molar-refractivity contribution in [2.75, 3.05) is 5.32 Å². The molecule has 0 heterocycles. The minimum atomic E-state index is -0.432. The summed E-state index contributed by atoms with van der Waals surface area (Å²) in [6.45, 7) is 2.43. The molecule has 21 heavy (non-hydrogen) atoms. The van der Waals surface area contributed by atoms with E-state index in [1.165, 1.54) is 12.1 Å². The average molecular weight is 352 g/mol. The van der Waals surface area contributed by atoms with Gasteiger partial charge in [0.25, 0.3) is 0 Å². The van der Waals surface area contributed by atoms with E-state index >= 15 is 0 Å².